The van der Waals surface area contributed by atoms with Crippen LogP contribution >= 0.6 is 0 Å². The number of piperidine rings is 1. The van der Waals surface area contributed by atoms with Crippen LogP contribution in [0.1, 0.15) is 56.2 Å². The molecule has 0 saturated carbocycles. The largest absolute Gasteiger partial charge is 0.395 e. The Bertz CT molecular complexity index is 1080. The van der Waals surface area contributed by atoms with Gasteiger partial charge in [0.2, 0.25) is 11.8 Å². The molecule has 2 amide bonds. The second kappa shape index (κ2) is 12.6. The molecule has 1 aliphatic heterocycles. The molecule has 2 aromatic carbocycles. The van der Waals surface area contributed by atoms with Gasteiger partial charge < -0.3 is 25.7 Å². The highest BCUT2D eigenvalue weighted by molar-refractivity contribution is 5.79. The maximum atomic E-state index is 13.7. The molecule has 3 atom stereocenters. The van der Waals surface area contributed by atoms with Crippen molar-refractivity contribution in [1.29, 1.82) is 0 Å². The summed E-state index contributed by atoms with van der Waals surface area (Å²) < 4.78 is 27.5. The molecule has 7 nitrogen and oxygen atoms in total. The smallest absolute Gasteiger partial charge is 0.224 e. The minimum absolute atomic E-state index is 0.0240. The van der Waals surface area contributed by atoms with Crippen molar-refractivity contribution in [1.82, 2.24) is 15.5 Å². The van der Waals surface area contributed by atoms with Crippen LogP contribution in [0, 0.1) is 11.6 Å². The number of likely N-dealkylation sites (tertiary alicyclic amines) is 1. The van der Waals surface area contributed by atoms with Gasteiger partial charge in [0.1, 0.15) is 11.6 Å². The summed E-state index contributed by atoms with van der Waals surface area (Å²) in [5.41, 5.74) is 1.59. The van der Waals surface area contributed by atoms with E-state index in [0.29, 0.717) is 18.5 Å². The Hall–Kier alpha value is -2.88. The zero-order valence-corrected chi connectivity index (χ0v) is 21.6. The van der Waals surface area contributed by atoms with Crippen LogP contribution in [0.25, 0.3) is 0 Å². The van der Waals surface area contributed by atoms with Crippen molar-refractivity contribution in [2.24, 2.45) is 0 Å². The Balaban J connectivity index is 1.85. The zero-order chi connectivity index (χ0) is 27.2. The van der Waals surface area contributed by atoms with Crippen LogP contribution in [-0.2, 0) is 21.5 Å². The highest BCUT2D eigenvalue weighted by Crippen LogP contribution is 2.35. The average Bonchev–Trinajstić information content (AvgIpc) is 2.83. The molecular weight excluding hydrogens is 480 g/mol. The molecular formula is C28H37F2N3O4. The lowest BCUT2D eigenvalue weighted by Crippen LogP contribution is -2.57. The molecule has 1 fully saturated rings. The number of β-amino-alcohol motifs (C(OH)–C–C–N with tert-alkyl or cyclic N) is 1. The van der Waals surface area contributed by atoms with Crippen LogP contribution in [0.2, 0.25) is 0 Å². The van der Waals surface area contributed by atoms with Crippen molar-refractivity contribution >= 4 is 11.8 Å². The fourth-order valence-electron chi connectivity index (χ4n) is 4.93. The molecule has 3 rings (SSSR count). The molecule has 37 heavy (non-hydrogen) atoms. The number of hydrogen-bond donors (Lipinski definition) is 4. The average molecular weight is 518 g/mol. The number of nitrogens with zero attached hydrogens (tertiary/aromatic N) is 1. The van der Waals surface area contributed by atoms with Crippen LogP contribution in [0.15, 0.2) is 42.5 Å². The fourth-order valence-corrected chi connectivity index (χ4v) is 4.93. The molecule has 202 valence electrons. The molecule has 1 aliphatic rings. The minimum atomic E-state index is -1.11. The Morgan fingerprint density at radius 2 is 1.86 bits per heavy atom. The van der Waals surface area contributed by atoms with Gasteiger partial charge in [-0.15, -0.1) is 0 Å². The Morgan fingerprint density at radius 3 is 2.46 bits per heavy atom. The summed E-state index contributed by atoms with van der Waals surface area (Å²) in [6, 6.07) is 10.3. The Labute approximate surface area is 216 Å². The molecule has 1 heterocycles. The van der Waals surface area contributed by atoms with Crippen molar-refractivity contribution in [3.8, 4) is 0 Å². The van der Waals surface area contributed by atoms with Gasteiger partial charge in [-0.05, 0) is 47.6 Å². The molecule has 0 radical (unpaired) electrons. The van der Waals surface area contributed by atoms with Gasteiger partial charge in [0, 0.05) is 39.0 Å². The highest BCUT2D eigenvalue weighted by Gasteiger charge is 2.41. The fraction of sp³-hybridized carbons (Fsp3) is 0.500. The van der Waals surface area contributed by atoms with E-state index >= 15 is 0 Å². The number of nitrogens with one attached hydrogen (secondary N) is 2. The van der Waals surface area contributed by atoms with Gasteiger partial charge >= 0.3 is 0 Å². The maximum Gasteiger partial charge on any atom is 0.224 e. The third-order valence-corrected chi connectivity index (χ3v) is 6.97. The first kappa shape index (κ1) is 28.7. The summed E-state index contributed by atoms with van der Waals surface area (Å²) in [4.78, 5) is 26.5. The lowest BCUT2D eigenvalue weighted by atomic mass is 9.79. The number of carbonyl (C=O) groups excluding carboxylic acids is 2. The highest BCUT2D eigenvalue weighted by atomic mass is 19.1. The molecule has 0 spiro atoms. The van der Waals surface area contributed by atoms with Gasteiger partial charge in [-0.1, -0.05) is 38.1 Å². The Morgan fingerprint density at radius 1 is 1.16 bits per heavy atom. The number of hydrogen-bond acceptors (Lipinski definition) is 5. The molecule has 1 saturated heterocycles. The van der Waals surface area contributed by atoms with Crippen molar-refractivity contribution in [3.05, 3.63) is 70.8 Å². The van der Waals surface area contributed by atoms with E-state index in [1.807, 2.05) is 18.2 Å². The van der Waals surface area contributed by atoms with E-state index in [4.69, 9.17) is 0 Å². The van der Waals surface area contributed by atoms with Crippen molar-refractivity contribution < 1.29 is 28.6 Å². The van der Waals surface area contributed by atoms with E-state index in [-0.39, 0.29) is 50.3 Å². The van der Waals surface area contributed by atoms with Crippen LogP contribution in [0.4, 0.5) is 8.78 Å². The van der Waals surface area contributed by atoms with E-state index in [1.165, 1.54) is 19.1 Å². The van der Waals surface area contributed by atoms with E-state index in [1.54, 1.807) is 4.90 Å². The first-order chi connectivity index (χ1) is 17.5. The van der Waals surface area contributed by atoms with E-state index < -0.39 is 29.3 Å². The van der Waals surface area contributed by atoms with Gasteiger partial charge in [-0.2, -0.15) is 0 Å². The van der Waals surface area contributed by atoms with Crippen LogP contribution < -0.4 is 10.6 Å². The minimum Gasteiger partial charge on any atom is -0.395 e. The monoisotopic (exact) mass is 517 g/mol. The van der Waals surface area contributed by atoms with E-state index in [0.717, 1.165) is 17.2 Å². The zero-order valence-electron chi connectivity index (χ0n) is 21.6. The molecule has 0 bridgehead atoms. The standard InChI is InChI=1S/C28H37F2N3O4/c1-18(2)21-5-4-6-22(14-21)28(7-8-33(9-10-34)27(37)16-28)31-17-26(36)25(32-19(3)35)13-20-11-23(29)15-24(30)12-20/h4-6,11-12,14-15,18,25-26,31,34,36H,7-10,13,16-17H2,1-3H3,(H,32,35)/t25-,26-,28?/m0/s1. The number of carbonyl (C=O) groups is 2. The van der Waals surface area contributed by atoms with Gasteiger partial charge in [0.25, 0.3) is 0 Å². The van der Waals surface area contributed by atoms with Gasteiger partial charge in [-0.25, -0.2) is 8.78 Å². The molecule has 4 N–H and O–H groups in total. The number of aliphatic hydroxyl groups is 2. The Kier molecular flexibility index (Phi) is 9.75. The second-order valence-corrected chi connectivity index (χ2v) is 10.1. The van der Waals surface area contributed by atoms with E-state index in [9.17, 15) is 28.6 Å². The summed E-state index contributed by atoms with van der Waals surface area (Å²) in [5.74, 6) is -1.68. The second-order valence-electron chi connectivity index (χ2n) is 10.1. The van der Waals surface area contributed by atoms with Gasteiger partial charge in [0.15, 0.2) is 0 Å². The third kappa shape index (κ3) is 7.56. The normalized spacial score (nSPS) is 19.7. The predicted molar refractivity (Wildman–Crippen MR) is 137 cm³/mol. The maximum absolute atomic E-state index is 13.7. The third-order valence-electron chi connectivity index (χ3n) is 6.97. The quantitative estimate of drug-likeness (QED) is 0.367. The van der Waals surface area contributed by atoms with Crippen LogP contribution in [-0.4, -0.2) is 65.3 Å². The first-order valence-corrected chi connectivity index (χ1v) is 12.7. The van der Waals surface area contributed by atoms with Crippen LogP contribution in [0.5, 0.6) is 0 Å². The number of amides is 2. The lowest BCUT2D eigenvalue weighted by Gasteiger charge is -2.43. The van der Waals surface area contributed by atoms with E-state index in [2.05, 4.69) is 30.5 Å². The van der Waals surface area contributed by atoms with Crippen molar-refractivity contribution in [2.75, 3.05) is 26.2 Å². The number of halogens is 2. The number of rotatable bonds is 11. The molecule has 1 unspecified atom stereocenters. The predicted octanol–water partition coefficient (Wildman–Crippen LogP) is 2.60. The summed E-state index contributed by atoms with van der Waals surface area (Å²) in [5, 5.41) is 26.5. The first-order valence-electron chi connectivity index (χ1n) is 12.7. The lowest BCUT2D eigenvalue weighted by molar-refractivity contribution is -0.137. The topological polar surface area (TPSA) is 102 Å². The summed E-state index contributed by atoms with van der Waals surface area (Å²) >= 11 is 0. The summed E-state index contributed by atoms with van der Waals surface area (Å²) in [7, 11) is 0. The van der Waals surface area contributed by atoms with Gasteiger partial charge in [-0.3, -0.25) is 9.59 Å². The molecule has 0 aliphatic carbocycles. The summed E-state index contributed by atoms with van der Waals surface area (Å²) in [6.45, 7) is 6.10. The van der Waals surface area contributed by atoms with Gasteiger partial charge in [0.05, 0.1) is 24.3 Å². The molecule has 9 heteroatoms. The number of benzene rings is 2. The summed E-state index contributed by atoms with van der Waals surface area (Å²) in [6.07, 6.45) is -0.379. The number of aliphatic hydroxyl groups excluding tert-OH is 2. The SMILES string of the molecule is CC(=O)N[C@@H](Cc1cc(F)cc(F)c1)[C@@H](O)CNC1(c2cccc(C(C)C)c2)CCN(CCO)C(=O)C1. The molecule has 0 aromatic heterocycles. The molecule has 2 aromatic rings. The van der Waals surface area contributed by atoms with Crippen LogP contribution in [0.3, 0.4) is 0 Å². The van der Waals surface area contributed by atoms with Crippen molar-refractivity contribution in [2.45, 2.75) is 63.6 Å². The van der Waals surface area contributed by atoms with Crippen molar-refractivity contribution in [3.63, 3.8) is 0 Å².